The summed E-state index contributed by atoms with van der Waals surface area (Å²) in [5.74, 6) is -2.57. The Kier molecular flexibility index (Phi) is 4.88. The molecule has 0 saturated heterocycles. The molecule has 2 N–H and O–H groups in total. The summed E-state index contributed by atoms with van der Waals surface area (Å²) in [5, 5.41) is 18.7. The van der Waals surface area contributed by atoms with Gasteiger partial charge in [0.05, 0.1) is 11.1 Å². The molecule has 0 aliphatic rings. The first-order valence-corrected chi connectivity index (χ1v) is 6.58. The lowest BCUT2D eigenvalue weighted by Gasteiger charge is -2.05. The Morgan fingerprint density at radius 3 is 1.23 bits per heavy atom. The van der Waals surface area contributed by atoms with E-state index in [9.17, 15) is 19.8 Å². The van der Waals surface area contributed by atoms with E-state index in [1.165, 1.54) is 12.2 Å². The van der Waals surface area contributed by atoms with Crippen molar-refractivity contribution in [2.75, 3.05) is 0 Å². The number of carboxylic acids is 2. The molecule has 0 aliphatic heterocycles. The highest BCUT2D eigenvalue weighted by Gasteiger charge is 2.19. The van der Waals surface area contributed by atoms with Gasteiger partial charge in [0, 0.05) is 0 Å². The predicted octanol–water partition coefficient (Wildman–Crippen LogP) is 3.32. The Morgan fingerprint density at radius 2 is 0.955 bits per heavy atom. The third-order valence-corrected chi connectivity index (χ3v) is 2.97. The highest BCUT2D eigenvalue weighted by molar-refractivity contribution is 6.11. The van der Waals surface area contributed by atoms with E-state index in [1.807, 2.05) is 0 Å². The average Bonchev–Trinajstić information content (AvgIpc) is 2.52. The van der Waals surface area contributed by atoms with Crippen molar-refractivity contribution in [3.05, 3.63) is 82.9 Å². The number of hydrogen-bond acceptors (Lipinski definition) is 2. The van der Waals surface area contributed by atoms with Crippen molar-refractivity contribution in [3.63, 3.8) is 0 Å². The molecule has 0 aromatic heterocycles. The number of carbonyl (C=O) groups is 2. The van der Waals surface area contributed by atoms with Gasteiger partial charge in [-0.3, -0.25) is 0 Å². The molecule has 2 aromatic carbocycles. The summed E-state index contributed by atoms with van der Waals surface area (Å²) >= 11 is 0. The third kappa shape index (κ3) is 3.93. The molecule has 2 rings (SSSR count). The van der Waals surface area contributed by atoms with Crippen LogP contribution in [0.4, 0.5) is 0 Å². The lowest BCUT2D eigenvalue weighted by Crippen LogP contribution is -2.11. The quantitative estimate of drug-likeness (QED) is 0.655. The van der Waals surface area contributed by atoms with Crippen molar-refractivity contribution in [3.8, 4) is 0 Å². The van der Waals surface area contributed by atoms with Crippen LogP contribution < -0.4 is 0 Å². The molecular formula is C18H14O4. The topological polar surface area (TPSA) is 74.6 Å². The first kappa shape index (κ1) is 15.3. The van der Waals surface area contributed by atoms with E-state index in [2.05, 4.69) is 0 Å². The Labute approximate surface area is 127 Å². The lowest BCUT2D eigenvalue weighted by atomic mass is 10.0. The van der Waals surface area contributed by atoms with Crippen LogP contribution in [-0.2, 0) is 9.59 Å². The molecule has 0 aliphatic carbocycles. The van der Waals surface area contributed by atoms with Crippen LogP contribution in [0.15, 0.2) is 71.8 Å². The summed E-state index contributed by atoms with van der Waals surface area (Å²) in [6.07, 6.45) is 2.70. The third-order valence-electron chi connectivity index (χ3n) is 2.97. The molecule has 0 saturated carbocycles. The number of rotatable bonds is 5. The van der Waals surface area contributed by atoms with Crippen molar-refractivity contribution in [1.29, 1.82) is 0 Å². The van der Waals surface area contributed by atoms with E-state index < -0.39 is 11.9 Å². The average molecular weight is 294 g/mol. The molecule has 0 fully saturated rings. The normalized spacial score (nSPS) is 12.0. The summed E-state index contributed by atoms with van der Waals surface area (Å²) in [6, 6.07) is 17.5. The van der Waals surface area contributed by atoms with Crippen LogP contribution in [0.25, 0.3) is 12.2 Å². The maximum absolute atomic E-state index is 11.5. The van der Waals surface area contributed by atoms with E-state index >= 15 is 0 Å². The van der Waals surface area contributed by atoms with E-state index in [1.54, 1.807) is 60.7 Å². The SMILES string of the molecule is O=C(O)C(=C/c1ccccc1)/C(=C\c1ccccc1)C(=O)O. The zero-order chi connectivity index (χ0) is 15.9. The van der Waals surface area contributed by atoms with Gasteiger partial charge in [-0.05, 0) is 23.3 Å². The van der Waals surface area contributed by atoms with Crippen LogP contribution in [0.5, 0.6) is 0 Å². The number of hydrogen-bond donors (Lipinski definition) is 2. The summed E-state index contributed by atoms with van der Waals surface area (Å²) < 4.78 is 0. The fourth-order valence-electron chi connectivity index (χ4n) is 1.94. The largest absolute Gasteiger partial charge is 0.478 e. The molecule has 0 radical (unpaired) electrons. The van der Waals surface area contributed by atoms with Gasteiger partial charge >= 0.3 is 11.9 Å². The lowest BCUT2D eigenvalue weighted by molar-refractivity contribution is -0.136. The van der Waals surface area contributed by atoms with Gasteiger partial charge in [0.2, 0.25) is 0 Å². The Bertz CT molecular complexity index is 663. The molecule has 4 nitrogen and oxygen atoms in total. The van der Waals surface area contributed by atoms with Gasteiger partial charge in [0.1, 0.15) is 0 Å². The van der Waals surface area contributed by atoms with E-state index in [-0.39, 0.29) is 11.1 Å². The maximum atomic E-state index is 11.5. The summed E-state index contributed by atoms with van der Waals surface area (Å²) in [6.45, 7) is 0. The van der Waals surface area contributed by atoms with Crippen molar-refractivity contribution in [1.82, 2.24) is 0 Å². The van der Waals surface area contributed by atoms with Crippen LogP contribution in [0.2, 0.25) is 0 Å². The van der Waals surface area contributed by atoms with Gasteiger partial charge in [0.15, 0.2) is 0 Å². The number of aliphatic carboxylic acids is 2. The molecule has 110 valence electrons. The molecule has 0 heterocycles. The molecule has 2 aromatic rings. The van der Waals surface area contributed by atoms with Crippen molar-refractivity contribution >= 4 is 24.1 Å². The van der Waals surface area contributed by atoms with E-state index in [0.29, 0.717) is 11.1 Å². The highest BCUT2D eigenvalue weighted by atomic mass is 16.4. The van der Waals surface area contributed by atoms with E-state index in [0.717, 1.165) is 0 Å². The minimum absolute atomic E-state index is 0.262. The minimum Gasteiger partial charge on any atom is -0.478 e. The molecule has 0 bridgehead atoms. The van der Waals surface area contributed by atoms with Crippen LogP contribution in [0.3, 0.4) is 0 Å². The van der Waals surface area contributed by atoms with Crippen molar-refractivity contribution in [2.45, 2.75) is 0 Å². The van der Waals surface area contributed by atoms with Gasteiger partial charge < -0.3 is 10.2 Å². The molecule has 4 heteroatoms. The van der Waals surface area contributed by atoms with Gasteiger partial charge in [-0.25, -0.2) is 9.59 Å². The first-order valence-electron chi connectivity index (χ1n) is 6.58. The van der Waals surface area contributed by atoms with Gasteiger partial charge in [0.25, 0.3) is 0 Å². The van der Waals surface area contributed by atoms with Crippen LogP contribution >= 0.6 is 0 Å². The zero-order valence-electron chi connectivity index (χ0n) is 11.6. The fraction of sp³-hybridized carbons (Fsp3) is 0. The first-order chi connectivity index (χ1) is 10.6. The van der Waals surface area contributed by atoms with Gasteiger partial charge in [-0.2, -0.15) is 0 Å². The Balaban J connectivity index is 2.52. The fourth-order valence-corrected chi connectivity index (χ4v) is 1.94. The molecule has 0 atom stereocenters. The monoisotopic (exact) mass is 294 g/mol. The predicted molar refractivity (Wildman–Crippen MR) is 84.1 cm³/mol. The van der Waals surface area contributed by atoms with Gasteiger partial charge in [-0.15, -0.1) is 0 Å². The number of carboxylic acid groups (broad SMARTS) is 2. The summed E-state index contributed by atoms with van der Waals surface area (Å²) in [7, 11) is 0. The smallest absolute Gasteiger partial charge is 0.336 e. The minimum atomic E-state index is -1.28. The highest BCUT2D eigenvalue weighted by Crippen LogP contribution is 2.19. The Hall–Kier alpha value is -3.14. The number of benzene rings is 2. The zero-order valence-corrected chi connectivity index (χ0v) is 11.6. The Morgan fingerprint density at radius 1 is 0.636 bits per heavy atom. The molecule has 0 unspecified atom stereocenters. The van der Waals surface area contributed by atoms with Gasteiger partial charge in [-0.1, -0.05) is 60.7 Å². The maximum Gasteiger partial charge on any atom is 0.336 e. The van der Waals surface area contributed by atoms with Crippen LogP contribution in [-0.4, -0.2) is 22.2 Å². The van der Waals surface area contributed by atoms with Crippen LogP contribution in [0.1, 0.15) is 11.1 Å². The molecule has 0 amide bonds. The van der Waals surface area contributed by atoms with Crippen LogP contribution in [0, 0.1) is 0 Å². The molecule has 0 spiro atoms. The molecular weight excluding hydrogens is 280 g/mol. The second kappa shape index (κ2) is 7.04. The second-order valence-corrected chi connectivity index (χ2v) is 4.55. The summed E-state index contributed by atoms with van der Waals surface area (Å²) in [4.78, 5) is 22.9. The second-order valence-electron chi connectivity index (χ2n) is 4.55. The van der Waals surface area contributed by atoms with E-state index in [4.69, 9.17) is 0 Å². The van der Waals surface area contributed by atoms with Crippen molar-refractivity contribution in [2.24, 2.45) is 0 Å². The summed E-state index contributed by atoms with van der Waals surface area (Å²) in [5.41, 5.74) is 0.727. The molecule has 22 heavy (non-hydrogen) atoms. The standard InChI is InChI=1S/C18H14O4/c19-17(20)15(11-13-7-3-1-4-8-13)16(18(21)22)12-14-9-5-2-6-10-14/h1-12H,(H,19,20)(H,21,22)/b15-11+,16-12+. The van der Waals surface area contributed by atoms with Crippen molar-refractivity contribution < 1.29 is 19.8 Å².